The lowest BCUT2D eigenvalue weighted by Gasteiger charge is -2.01. The van der Waals surface area contributed by atoms with Crippen LogP contribution in [0.2, 0.25) is 0 Å². The second-order valence-corrected chi connectivity index (χ2v) is 3.37. The molecule has 0 saturated carbocycles. The predicted molar refractivity (Wildman–Crippen MR) is 51.6 cm³/mol. The van der Waals surface area contributed by atoms with Crippen LogP contribution in [0.1, 0.15) is 31.2 Å². The Kier molecular flexibility index (Phi) is 3.23. The first-order chi connectivity index (χ1) is 6.13. The lowest BCUT2D eigenvalue weighted by molar-refractivity contribution is -0.119. The van der Waals surface area contributed by atoms with Gasteiger partial charge in [-0.15, -0.1) is 0 Å². The molecule has 0 atom stereocenters. The Morgan fingerprint density at radius 2 is 2.23 bits per heavy atom. The topological polar surface area (TPSA) is 34.9 Å². The van der Waals surface area contributed by atoms with Crippen molar-refractivity contribution in [2.24, 2.45) is 0 Å². The molecule has 0 radical (unpaired) electrons. The highest BCUT2D eigenvalue weighted by molar-refractivity contribution is 5.78. The molecule has 13 heavy (non-hydrogen) atoms. The molecule has 3 nitrogen and oxygen atoms in total. The summed E-state index contributed by atoms with van der Waals surface area (Å²) in [6, 6.07) is 1.99. The van der Waals surface area contributed by atoms with Crippen molar-refractivity contribution >= 4 is 5.78 Å². The molecule has 1 aromatic rings. The first-order valence-corrected chi connectivity index (χ1v) is 4.66. The number of hydrogen-bond donors (Lipinski definition) is 0. The predicted octanol–water partition coefficient (Wildman–Crippen LogP) is 1.87. The highest BCUT2D eigenvalue weighted by atomic mass is 16.1. The molecule has 0 N–H and O–H groups in total. The maximum Gasteiger partial charge on any atom is 0.154 e. The minimum atomic E-state index is 0.258. The monoisotopic (exact) mass is 180 g/mol. The van der Waals surface area contributed by atoms with E-state index >= 15 is 0 Å². The molecule has 3 heteroatoms. The molecule has 72 valence electrons. The summed E-state index contributed by atoms with van der Waals surface area (Å²) in [5.74, 6) is 0.258. The van der Waals surface area contributed by atoms with E-state index in [4.69, 9.17) is 0 Å². The largest absolute Gasteiger partial charge is 0.298 e. The van der Waals surface area contributed by atoms with E-state index in [2.05, 4.69) is 5.10 Å². The second kappa shape index (κ2) is 4.21. The van der Waals surface area contributed by atoms with Gasteiger partial charge in [0.25, 0.3) is 0 Å². The molecule has 0 amide bonds. The standard InChI is InChI=1S/C10H16N2O/c1-4-5-10(13)7-12-9(3)6-8(2)11-12/h6H,4-5,7H2,1-3H3. The first kappa shape index (κ1) is 9.96. The number of aromatic nitrogens is 2. The smallest absolute Gasteiger partial charge is 0.154 e. The molecular formula is C10H16N2O. The van der Waals surface area contributed by atoms with Gasteiger partial charge in [-0.3, -0.25) is 9.48 Å². The van der Waals surface area contributed by atoms with Crippen molar-refractivity contribution in [2.45, 2.75) is 40.2 Å². The molecule has 0 fully saturated rings. The number of carbonyl (C=O) groups is 1. The molecular weight excluding hydrogens is 164 g/mol. The van der Waals surface area contributed by atoms with E-state index in [9.17, 15) is 4.79 Å². The lowest BCUT2D eigenvalue weighted by atomic mass is 10.2. The van der Waals surface area contributed by atoms with Crippen molar-refractivity contribution in [3.63, 3.8) is 0 Å². The summed E-state index contributed by atoms with van der Waals surface area (Å²) >= 11 is 0. The highest BCUT2D eigenvalue weighted by Crippen LogP contribution is 2.02. The number of nitrogens with zero attached hydrogens (tertiary/aromatic N) is 2. The summed E-state index contributed by atoms with van der Waals surface area (Å²) in [5.41, 5.74) is 2.03. The van der Waals surface area contributed by atoms with Gasteiger partial charge in [0.2, 0.25) is 0 Å². The van der Waals surface area contributed by atoms with E-state index in [0.717, 1.165) is 17.8 Å². The van der Waals surface area contributed by atoms with Crippen molar-refractivity contribution in [2.75, 3.05) is 0 Å². The second-order valence-electron chi connectivity index (χ2n) is 3.37. The van der Waals surface area contributed by atoms with Crippen LogP contribution in [0.3, 0.4) is 0 Å². The maximum absolute atomic E-state index is 11.3. The molecule has 0 bridgehead atoms. The van der Waals surface area contributed by atoms with E-state index in [1.165, 1.54) is 0 Å². The molecule has 0 spiro atoms. The van der Waals surface area contributed by atoms with Crippen LogP contribution in [0.4, 0.5) is 0 Å². The van der Waals surface area contributed by atoms with Crippen molar-refractivity contribution in [3.05, 3.63) is 17.5 Å². The first-order valence-electron chi connectivity index (χ1n) is 4.66. The van der Waals surface area contributed by atoms with Gasteiger partial charge in [-0.05, 0) is 26.3 Å². The number of aryl methyl sites for hydroxylation is 2. The third-order valence-corrected chi connectivity index (χ3v) is 1.96. The van der Waals surface area contributed by atoms with Crippen molar-refractivity contribution < 1.29 is 4.79 Å². The average molecular weight is 180 g/mol. The van der Waals surface area contributed by atoms with Gasteiger partial charge >= 0.3 is 0 Å². The van der Waals surface area contributed by atoms with Crippen molar-refractivity contribution in [1.29, 1.82) is 0 Å². The Labute approximate surface area is 78.8 Å². The zero-order chi connectivity index (χ0) is 9.84. The summed E-state index contributed by atoms with van der Waals surface area (Å²) in [7, 11) is 0. The number of carbonyl (C=O) groups excluding carboxylic acids is 1. The summed E-state index contributed by atoms with van der Waals surface area (Å²) < 4.78 is 1.77. The van der Waals surface area contributed by atoms with Crippen molar-refractivity contribution in [1.82, 2.24) is 9.78 Å². The summed E-state index contributed by atoms with van der Waals surface area (Å²) in [6.07, 6.45) is 1.57. The van der Waals surface area contributed by atoms with E-state index in [1.54, 1.807) is 4.68 Å². The minimum Gasteiger partial charge on any atom is -0.298 e. The van der Waals surface area contributed by atoms with Crippen LogP contribution in [0.5, 0.6) is 0 Å². The Balaban J connectivity index is 2.63. The zero-order valence-electron chi connectivity index (χ0n) is 8.50. The van der Waals surface area contributed by atoms with Gasteiger partial charge in [-0.2, -0.15) is 5.10 Å². The fraction of sp³-hybridized carbons (Fsp3) is 0.600. The fourth-order valence-corrected chi connectivity index (χ4v) is 1.36. The molecule has 0 aliphatic carbocycles. The van der Waals surface area contributed by atoms with Gasteiger partial charge in [-0.1, -0.05) is 6.92 Å². The summed E-state index contributed by atoms with van der Waals surface area (Å²) in [5, 5.41) is 4.23. The highest BCUT2D eigenvalue weighted by Gasteiger charge is 2.05. The zero-order valence-corrected chi connectivity index (χ0v) is 8.50. The lowest BCUT2D eigenvalue weighted by Crippen LogP contribution is -2.12. The Bertz CT molecular complexity index is 302. The van der Waals surface area contributed by atoms with Crippen LogP contribution in [-0.4, -0.2) is 15.6 Å². The molecule has 1 aromatic heterocycles. The number of ketones is 1. The fourth-order valence-electron chi connectivity index (χ4n) is 1.36. The van der Waals surface area contributed by atoms with Crippen LogP contribution in [0, 0.1) is 13.8 Å². The third kappa shape index (κ3) is 2.68. The number of hydrogen-bond acceptors (Lipinski definition) is 2. The molecule has 0 unspecified atom stereocenters. The quantitative estimate of drug-likeness (QED) is 0.709. The van der Waals surface area contributed by atoms with Crippen LogP contribution in [0.25, 0.3) is 0 Å². The van der Waals surface area contributed by atoms with Gasteiger partial charge in [-0.25, -0.2) is 0 Å². The number of rotatable bonds is 4. The Morgan fingerprint density at radius 1 is 1.54 bits per heavy atom. The number of Topliss-reactive ketones (excluding diaryl/α,β-unsaturated/α-hetero) is 1. The third-order valence-electron chi connectivity index (χ3n) is 1.96. The summed E-state index contributed by atoms with van der Waals surface area (Å²) in [4.78, 5) is 11.3. The molecule has 0 aliphatic rings. The van der Waals surface area contributed by atoms with Crippen LogP contribution in [-0.2, 0) is 11.3 Å². The molecule has 0 aromatic carbocycles. The van der Waals surface area contributed by atoms with Gasteiger partial charge in [0.05, 0.1) is 12.2 Å². The van der Waals surface area contributed by atoms with Gasteiger partial charge in [0, 0.05) is 12.1 Å². The maximum atomic E-state index is 11.3. The molecule has 1 heterocycles. The minimum absolute atomic E-state index is 0.258. The molecule has 0 aliphatic heterocycles. The van der Waals surface area contributed by atoms with Crippen LogP contribution in [0.15, 0.2) is 6.07 Å². The van der Waals surface area contributed by atoms with Gasteiger partial charge in [0.1, 0.15) is 0 Å². The SMILES string of the molecule is CCCC(=O)Cn1nc(C)cc1C. The van der Waals surface area contributed by atoms with E-state index < -0.39 is 0 Å². The van der Waals surface area contributed by atoms with Crippen LogP contribution < -0.4 is 0 Å². The average Bonchev–Trinajstić information content (AvgIpc) is 2.30. The normalized spacial score (nSPS) is 10.4. The van der Waals surface area contributed by atoms with E-state index in [1.807, 2.05) is 26.8 Å². The van der Waals surface area contributed by atoms with Crippen LogP contribution >= 0.6 is 0 Å². The molecule has 1 rings (SSSR count). The van der Waals surface area contributed by atoms with Gasteiger partial charge < -0.3 is 0 Å². The van der Waals surface area contributed by atoms with E-state index in [0.29, 0.717) is 13.0 Å². The van der Waals surface area contributed by atoms with E-state index in [-0.39, 0.29) is 5.78 Å². The van der Waals surface area contributed by atoms with Gasteiger partial charge in [0.15, 0.2) is 5.78 Å². The summed E-state index contributed by atoms with van der Waals surface area (Å²) in [6.45, 7) is 6.35. The van der Waals surface area contributed by atoms with Crippen molar-refractivity contribution in [3.8, 4) is 0 Å². The Morgan fingerprint density at radius 3 is 2.69 bits per heavy atom. The molecule has 0 saturated heterocycles. The Hall–Kier alpha value is -1.12.